The molecule has 0 amide bonds. The molecule has 2 heterocycles. The molecule has 8 heteroatoms. The summed E-state index contributed by atoms with van der Waals surface area (Å²) in [6.45, 7) is 0. The highest BCUT2D eigenvalue weighted by Crippen LogP contribution is 2.25. The van der Waals surface area contributed by atoms with E-state index in [0.717, 1.165) is 10.8 Å². The molecule has 2 aromatic heterocycles. The summed E-state index contributed by atoms with van der Waals surface area (Å²) in [5, 5.41) is 40.7. The second kappa shape index (κ2) is 10.9. The summed E-state index contributed by atoms with van der Waals surface area (Å²) >= 11 is 0. The molecule has 0 atom stereocenters. The molecule has 0 fully saturated rings. The van der Waals surface area contributed by atoms with Crippen molar-refractivity contribution in [3.8, 4) is 23.0 Å². The molecule has 4 N–H and O–H groups in total. The van der Waals surface area contributed by atoms with Crippen LogP contribution in [0, 0.1) is 0 Å². The molecule has 8 nitrogen and oxygen atoms in total. The van der Waals surface area contributed by atoms with Gasteiger partial charge < -0.3 is 20.4 Å². The van der Waals surface area contributed by atoms with Gasteiger partial charge in [0.15, 0.2) is 0 Å². The first-order valence-corrected chi connectivity index (χ1v) is 12.1. The molecule has 0 saturated heterocycles. The molecule has 6 aromatic rings. The van der Waals surface area contributed by atoms with E-state index in [4.69, 9.17) is 0 Å². The Hall–Kier alpha value is -5.76. The summed E-state index contributed by atoms with van der Waals surface area (Å²) in [6, 6.07) is 25.3. The van der Waals surface area contributed by atoms with E-state index < -0.39 is 0 Å². The van der Waals surface area contributed by atoms with Crippen molar-refractivity contribution in [1.29, 1.82) is 0 Å². The van der Waals surface area contributed by atoms with Crippen molar-refractivity contribution < 1.29 is 30.0 Å². The van der Waals surface area contributed by atoms with E-state index in [-0.39, 0.29) is 34.6 Å². The normalized spacial score (nSPS) is 10.6. The maximum Gasteiger partial charge on any atom is 0.212 e. The van der Waals surface area contributed by atoms with E-state index in [1.165, 1.54) is 48.8 Å². The van der Waals surface area contributed by atoms with Crippen molar-refractivity contribution in [1.82, 2.24) is 9.97 Å². The molecular formula is C32H22N2O6. The average Bonchev–Trinajstić information content (AvgIpc) is 2.96. The predicted molar refractivity (Wildman–Crippen MR) is 150 cm³/mol. The Labute approximate surface area is 228 Å². The Morgan fingerprint density at radius 1 is 0.475 bits per heavy atom. The van der Waals surface area contributed by atoms with Crippen LogP contribution in [0.1, 0.15) is 32.1 Å². The van der Waals surface area contributed by atoms with Crippen LogP contribution in [-0.2, 0) is 0 Å². The van der Waals surface area contributed by atoms with E-state index in [1.807, 2.05) is 0 Å². The summed E-state index contributed by atoms with van der Waals surface area (Å²) in [6.07, 6.45) is 3.05. The van der Waals surface area contributed by atoms with Crippen molar-refractivity contribution >= 4 is 33.1 Å². The van der Waals surface area contributed by atoms with Gasteiger partial charge in [0, 0.05) is 34.3 Å². The zero-order valence-electron chi connectivity index (χ0n) is 20.9. The first-order valence-electron chi connectivity index (χ1n) is 12.1. The van der Waals surface area contributed by atoms with Gasteiger partial charge in [0.2, 0.25) is 11.6 Å². The number of rotatable bonds is 4. The van der Waals surface area contributed by atoms with Gasteiger partial charge in [0.25, 0.3) is 0 Å². The van der Waals surface area contributed by atoms with Crippen LogP contribution in [0.4, 0.5) is 0 Å². The van der Waals surface area contributed by atoms with E-state index in [9.17, 15) is 30.0 Å². The Morgan fingerprint density at radius 2 is 0.875 bits per heavy atom. The SMILES string of the molecule is O=C(c1cccc(O)c1)c1nccc2cc(O)ccc12.O=C(c1cccc(O)c1)c1nccc2cc(O)ccc12. The second-order valence-electron chi connectivity index (χ2n) is 8.89. The van der Waals surface area contributed by atoms with Gasteiger partial charge >= 0.3 is 0 Å². The van der Waals surface area contributed by atoms with Gasteiger partial charge in [-0.25, -0.2) is 0 Å². The molecule has 0 aliphatic carbocycles. The van der Waals surface area contributed by atoms with Gasteiger partial charge in [-0.05, 0) is 83.6 Å². The van der Waals surface area contributed by atoms with Gasteiger partial charge in [-0.1, -0.05) is 24.3 Å². The molecule has 40 heavy (non-hydrogen) atoms. The lowest BCUT2D eigenvalue weighted by molar-refractivity contribution is 0.102. The number of carbonyl (C=O) groups excluding carboxylic acids is 2. The molecule has 196 valence electrons. The number of hydrogen-bond donors (Lipinski definition) is 4. The Kier molecular flexibility index (Phi) is 7.07. The predicted octanol–water partition coefficient (Wildman–Crippen LogP) is 5.75. The highest BCUT2D eigenvalue weighted by atomic mass is 16.3. The highest BCUT2D eigenvalue weighted by Gasteiger charge is 2.16. The van der Waals surface area contributed by atoms with Crippen LogP contribution < -0.4 is 0 Å². The lowest BCUT2D eigenvalue weighted by Gasteiger charge is -2.05. The van der Waals surface area contributed by atoms with Crippen molar-refractivity contribution in [2.24, 2.45) is 0 Å². The Morgan fingerprint density at radius 3 is 1.27 bits per heavy atom. The topological polar surface area (TPSA) is 141 Å². The van der Waals surface area contributed by atoms with Gasteiger partial charge in [0.1, 0.15) is 34.4 Å². The molecule has 0 bridgehead atoms. The molecular weight excluding hydrogens is 508 g/mol. The zero-order valence-corrected chi connectivity index (χ0v) is 20.9. The minimum atomic E-state index is -0.266. The third-order valence-corrected chi connectivity index (χ3v) is 6.14. The fraction of sp³-hybridized carbons (Fsp3) is 0. The number of aromatic hydroxyl groups is 4. The van der Waals surface area contributed by atoms with Crippen LogP contribution in [0.15, 0.2) is 109 Å². The smallest absolute Gasteiger partial charge is 0.212 e. The van der Waals surface area contributed by atoms with Gasteiger partial charge in [0.05, 0.1) is 0 Å². The number of aromatic nitrogens is 2. The van der Waals surface area contributed by atoms with Gasteiger partial charge in [-0.3, -0.25) is 19.6 Å². The molecule has 0 spiro atoms. The maximum atomic E-state index is 12.5. The minimum absolute atomic E-state index is 0.0359. The Balaban J connectivity index is 0.000000161. The summed E-state index contributed by atoms with van der Waals surface area (Å²) in [5.41, 5.74) is 1.34. The first-order chi connectivity index (χ1) is 19.3. The number of pyridine rings is 2. The van der Waals surface area contributed by atoms with Crippen molar-refractivity contribution in [3.05, 3.63) is 132 Å². The van der Waals surface area contributed by atoms with Crippen molar-refractivity contribution in [2.45, 2.75) is 0 Å². The van der Waals surface area contributed by atoms with E-state index in [2.05, 4.69) is 9.97 Å². The summed E-state index contributed by atoms with van der Waals surface area (Å²) in [5.74, 6) is -0.184. The van der Waals surface area contributed by atoms with Gasteiger partial charge in [-0.2, -0.15) is 0 Å². The van der Waals surface area contributed by atoms with Crippen molar-refractivity contribution in [3.63, 3.8) is 0 Å². The summed E-state index contributed by atoms with van der Waals surface area (Å²) in [4.78, 5) is 33.2. The lowest BCUT2D eigenvalue weighted by atomic mass is 10.0. The lowest BCUT2D eigenvalue weighted by Crippen LogP contribution is -2.04. The number of ketones is 2. The third-order valence-electron chi connectivity index (χ3n) is 6.14. The number of hydrogen-bond acceptors (Lipinski definition) is 8. The molecule has 0 radical (unpaired) electrons. The monoisotopic (exact) mass is 530 g/mol. The van der Waals surface area contributed by atoms with Crippen LogP contribution in [0.5, 0.6) is 23.0 Å². The molecule has 0 aliphatic heterocycles. The van der Waals surface area contributed by atoms with Gasteiger partial charge in [-0.15, -0.1) is 0 Å². The van der Waals surface area contributed by atoms with Crippen LogP contribution in [0.2, 0.25) is 0 Å². The number of nitrogens with zero attached hydrogens (tertiary/aromatic N) is 2. The fourth-order valence-corrected chi connectivity index (χ4v) is 4.26. The number of phenols is 4. The largest absolute Gasteiger partial charge is 0.508 e. The van der Waals surface area contributed by atoms with E-state index in [1.54, 1.807) is 60.7 Å². The van der Waals surface area contributed by atoms with Crippen LogP contribution in [0.25, 0.3) is 21.5 Å². The van der Waals surface area contributed by atoms with Crippen molar-refractivity contribution in [2.75, 3.05) is 0 Å². The van der Waals surface area contributed by atoms with E-state index in [0.29, 0.717) is 33.3 Å². The first kappa shape index (κ1) is 25.9. The Bertz CT molecular complexity index is 1760. The number of fused-ring (bicyclic) bond motifs is 2. The molecule has 0 saturated carbocycles. The molecule has 4 aromatic carbocycles. The minimum Gasteiger partial charge on any atom is -0.508 e. The third kappa shape index (κ3) is 5.41. The summed E-state index contributed by atoms with van der Waals surface area (Å²) < 4.78 is 0. The highest BCUT2D eigenvalue weighted by molar-refractivity contribution is 6.16. The zero-order chi connectivity index (χ0) is 28.2. The number of phenolic OH excluding ortho intramolecular Hbond substituents is 4. The second-order valence-corrected chi connectivity index (χ2v) is 8.89. The summed E-state index contributed by atoms with van der Waals surface area (Å²) in [7, 11) is 0. The van der Waals surface area contributed by atoms with E-state index >= 15 is 0 Å². The number of carbonyl (C=O) groups is 2. The molecule has 0 unspecified atom stereocenters. The average molecular weight is 531 g/mol. The van der Waals surface area contributed by atoms with Crippen LogP contribution in [0.3, 0.4) is 0 Å². The van der Waals surface area contributed by atoms with Crippen LogP contribution >= 0.6 is 0 Å². The quantitative estimate of drug-likeness (QED) is 0.211. The fourth-order valence-electron chi connectivity index (χ4n) is 4.26. The standard InChI is InChI=1S/2C16H11NO3/c2*18-12-3-1-2-11(9-12)16(20)15-14-5-4-13(19)8-10(14)6-7-17-15/h2*1-9,18-19H. The molecule has 0 aliphatic rings. The van der Waals surface area contributed by atoms with Crippen LogP contribution in [-0.4, -0.2) is 42.0 Å². The molecule has 6 rings (SSSR count). The maximum absolute atomic E-state index is 12.5. The number of benzene rings is 4.